The quantitative estimate of drug-likeness (QED) is 0.857. The van der Waals surface area contributed by atoms with Crippen molar-refractivity contribution >= 4 is 18.3 Å². The third-order valence-corrected chi connectivity index (χ3v) is 6.30. The van der Waals surface area contributed by atoms with E-state index in [0.717, 1.165) is 25.1 Å². The molecule has 0 bridgehead atoms. The van der Waals surface area contributed by atoms with Crippen molar-refractivity contribution in [2.45, 2.75) is 44.8 Å². The predicted molar refractivity (Wildman–Crippen MR) is 95.3 cm³/mol. The highest BCUT2D eigenvalue weighted by Gasteiger charge is 2.58. The van der Waals surface area contributed by atoms with E-state index in [1.165, 1.54) is 0 Å². The van der Waals surface area contributed by atoms with Crippen LogP contribution < -0.4 is 10.6 Å². The molecule has 1 aromatic heterocycles. The van der Waals surface area contributed by atoms with E-state index < -0.39 is 0 Å². The standard InChI is InChI=1S/C17H28N4O2.ClH/c1-16(2)14(6-17(16,3)23-5)20-15(22)13-9-18-8-12(13)11-7-19-21(4)10-11;/h7,10,12-14,18H,6,8-9H2,1-5H3,(H,20,22);1H/t12-,13+,14?,17?;/m1./s1. The van der Waals surface area contributed by atoms with Crippen LogP contribution in [0, 0.1) is 11.3 Å². The lowest BCUT2D eigenvalue weighted by Gasteiger charge is -2.59. The van der Waals surface area contributed by atoms with Gasteiger partial charge in [-0.15, -0.1) is 12.4 Å². The minimum atomic E-state index is -0.165. The zero-order valence-corrected chi connectivity index (χ0v) is 15.9. The van der Waals surface area contributed by atoms with Crippen molar-refractivity contribution in [3.63, 3.8) is 0 Å². The van der Waals surface area contributed by atoms with Gasteiger partial charge in [0.1, 0.15) is 0 Å². The molecule has 136 valence electrons. The molecular weight excluding hydrogens is 328 g/mol. The Labute approximate surface area is 150 Å². The van der Waals surface area contributed by atoms with Crippen molar-refractivity contribution in [1.82, 2.24) is 20.4 Å². The second-order valence-corrected chi connectivity index (χ2v) is 7.74. The van der Waals surface area contributed by atoms with Crippen molar-refractivity contribution in [3.8, 4) is 0 Å². The molecule has 0 radical (unpaired) electrons. The number of ether oxygens (including phenoxy) is 1. The molecular formula is C17H29ClN4O2. The second-order valence-electron chi connectivity index (χ2n) is 7.74. The van der Waals surface area contributed by atoms with E-state index in [2.05, 4.69) is 36.5 Å². The molecule has 1 saturated heterocycles. The van der Waals surface area contributed by atoms with Gasteiger partial charge >= 0.3 is 0 Å². The van der Waals surface area contributed by atoms with Crippen LogP contribution in [-0.2, 0) is 16.6 Å². The number of aromatic nitrogens is 2. The van der Waals surface area contributed by atoms with Crippen LogP contribution >= 0.6 is 12.4 Å². The van der Waals surface area contributed by atoms with Gasteiger partial charge in [-0.05, 0) is 18.9 Å². The van der Waals surface area contributed by atoms with Gasteiger partial charge in [0.05, 0.1) is 17.7 Å². The Bertz CT molecular complexity index is 603. The lowest BCUT2D eigenvalue weighted by molar-refractivity contribution is -0.183. The van der Waals surface area contributed by atoms with E-state index in [1.54, 1.807) is 11.8 Å². The first-order chi connectivity index (χ1) is 10.8. The molecule has 0 spiro atoms. The highest BCUT2D eigenvalue weighted by Crippen LogP contribution is 2.51. The van der Waals surface area contributed by atoms with Crippen LogP contribution in [0.2, 0.25) is 0 Å². The molecule has 1 amide bonds. The predicted octanol–water partition coefficient (Wildman–Crippen LogP) is 1.46. The van der Waals surface area contributed by atoms with Gasteiger partial charge in [-0.2, -0.15) is 5.10 Å². The van der Waals surface area contributed by atoms with Crippen LogP contribution in [0.25, 0.3) is 0 Å². The maximum atomic E-state index is 12.8. The topological polar surface area (TPSA) is 68.2 Å². The van der Waals surface area contributed by atoms with E-state index in [-0.39, 0.29) is 47.2 Å². The number of hydrogen-bond donors (Lipinski definition) is 2. The minimum absolute atomic E-state index is 0. The van der Waals surface area contributed by atoms with E-state index in [0.29, 0.717) is 0 Å². The van der Waals surface area contributed by atoms with Crippen molar-refractivity contribution < 1.29 is 9.53 Å². The number of amides is 1. The molecule has 7 heteroatoms. The number of methoxy groups -OCH3 is 1. The zero-order chi connectivity index (χ0) is 16.8. The number of aryl methyl sites for hydroxylation is 1. The molecule has 1 aliphatic heterocycles. The Balaban J connectivity index is 0.00000208. The van der Waals surface area contributed by atoms with Crippen molar-refractivity contribution in [1.29, 1.82) is 0 Å². The van der Waals surface area contributed by atoms with Gasteiger partial charge in [-0.3, -0.25) is 9.48 Å². The number of rotatable bonds is 4. The largest absolute Gasteiger partial charge is 0.378 e. The summed E-state index contributed by atoms with van der Waals surface area (Å²) >= 11 is 0. The number of nitrogens with zero attached hydrogens (tertiary/aromatic N) is 2. The summed E-state index contributed by atoms with van der Waals surface area (Å²) in [5.41, 5.74) is 0.904. The molecule has 6 nitrogen and oxygen atoms in total. The van der Waals surface area contributed by atoms with Crippen LogP contribution in [0.15, 0.2) is 12.4 Å². The van der Waals surface area contributed by atoms with Gasteiger partial charge in [0.2, 0.25) is 5.91 Å². The van der Waals surface area contributed by atoms with Crippen LogP contribution in [0.1, 0.15) is 38.7 Å². The first-order valence-corrected chi connectivity index (χ1v) is 8.33. The number of carbonyl (C=O) groups is 1. The van der Waals surface area contributed by atoms with Crippen molar-refractivity contribution in [3.05, 3.63) is 18.0 Å². The maximum absolute atomic E-state index is 12.8. The maximum Gasteiger partial charge on any atom is 0.225 e. The molecule has 0 aromatic carbocycles. The van der Waals surface area contributed by atoms with Gasteiger partial charge < -0.3 is 15.4 Å². The molecule has 2 N–H and O–H groups in total. The van der Waals surface area contributed by atoms with Crippen molar-refractivity contribution in [2.24, 2.45) is 18.4 Å². The minimum Gasteiger partial charge on any atom is -0.378 e. The molecule has 2 unspecified atom stereocenters. The lowest BCUT2D eigenvalue weighted by atomic mass is 9.55. The number of nitrogens with one attached hydrogen (secondary N) is 2. The Morgan fingerprint density at radius 3 is 2.67 bits per heavy atom. The highest BCUT2D eigenvalue weighted by molar-refractivity contribution is 5.85. The fraction of sp³-hybridized carbons (Fsp3) is 0.765. The monoisotopic (exact) mass is 356 g/mol. The number of carbonyl (C=O) groups excluding carboxylic acids is 1. The van der Waals surface area contributed by atoms with Gasteiger partial charge in [0, 0.05) is 50.8 Å². The molecule has 2 aliphatic rings. The molecule has 1 aromatic rings. The number of hydrogen-bond acceptors (Lipinski definition) is 4. The van der Waals surface area contributed by atoms with Gasteiger partial charge in [-0.25, -0.2) is 0 Å². The van der Waals surface area contributed by atoms with Gasteiger partial charge in [0.25, 0.3) is 0 Å². The van der Waals surface area contributed by atoms with Crippen LogP contribution in [0.3, 0.4) is 0 Å². The summed E-state index contributed by atoms with van der Waals surface area (Å²) in [5.74, 6) is 0.296. The first kappa shape index (κ1) is 19.2. The Kier molecular flexibility index (Phi) is 5.33. The van der Waals surface area contributed by atoms with Gasteiger partial charge in [0.15, 0.2) is 0 Å². The lowest BCUT2D eigenvalue weighted by Crippen LogP contribution is -2.69. The second kappa shape index (κ2) is 6.65. The van der Waals surface area contributed by atoms with E-state index in [1.807, 2.05) is 19.4 Å². The van der Waals surface area contributed by atoms with Crippen LogP contribution in [-0.4, -0.2) is 47.5 Å². The van der Waals surface area contributed by atoms with Crippen molar-refractivity contribution in [2.75, 3.05) is 20.2 Å². The summed E-state index contributed by atoms with van der Waals surface area (Å²) < 4.78 is 7.44. The summed E-state index contributed by atoms with van der Waals surface area (Å²) in [7, 11) is 3.66. The average molecular weight is 357 g/mol. The van der Waals surface area contributed by atoms with E-state index >= 15 is 0 Å². The first-order valence-electron chi connectivity index (χ1n) is 8.33. The SMILES string of the molecule is COC1(C)CC(NC(=O)[C@H]2CNC[C@@H]2c2cnn(C)c2)C1(C)C.Cl. The van der Waals surface area contributed by atoms with Crippen LogP contribution in [0.4, 0.5) is 0 Å². The molecule has 1 saturated carbocycles. The fourth-order valence-electron chi connectivity index (χ4n) is 3.94. The third-order valence-electron chi connectivity index (χ3n) is 6.30. The highest BCUT2D eigenvalue weighted by atomic mass is 35.5. The Hall–Kier alpha value is -1.11. The Morgan fingerprint density at radius 1 is 1.42 bits per heavy atom. The number of halogens is 1. The molecule has 24 heavy (non-hydrogen) atoms. The summed E-state index contributed by atoms with van der Waals surface area (Å²) in [6, 6.07) is 0.162. The summed E-state index contributed by atoms with van der Waals surface area (Å²) in [5, 5.41) is 10.8. The van der Waals surface area contributed by atoms with Crippen LogP contribution in [0.5, 0.6) is 0 Å². The zero-order valence-electron chi connectivity index (χ0n) is 15.1. The molecule has 3 rings (SSSR count). The fourth-order valence-corrected chi connectivity index (χ4v) is 3.94. The molecule has 1 aliphatic carbocycles. The summed E-state index contributed by atoms with van der Waals surface area (Å²) in [4.78, 5) is 12.8. The smallest absolute Gasteiger partial charge is 0.225 e. The van der Waals surface area contributed by atoms with E-state index in [4.69, 9.17) is 4.74 Å². The van der Waals surface area contributed by atoms with Gasteiger partial charge in [-0.1, -0.05) is 13.8 Å². The molecule has 2 heterocycles. The Morgan fingerprint density at radius 2 is 2.12 bits per heavy atom. The van der Waals surface area contributed by atoms with E-state index in [9.17, 15) is 4.79 Å². The summed E-state index contributed by atoms with van der Waals surface area (Å²) in [6.45, 7) is 7.99. The molecule has 2 fully saturated rings. The molecule has 4 atom stereocenters. The normalized spacial score (nSPS) is 34.3. The third kappa shape index (κ3) is 2.95. The average Bonchev–Trinajstić information content (AvgIpc) is 3.14. The summed E-state index contributed by atoms with van der Waals surface area (Å²) in [6.07, 6.45) is 4.74.